The Balaban J connectivity index is 1.78. The summed E-state index contributed by atoms with van der Waals surface area (Å²) in [6.07, 6.45) is 0. The largest absolute Gasteiger partial charge is 0.297 e. The minimum Gasteiger partial charge on any atom is -0.297 e. The fraction of sp³-hybridized carbons (Fsp3) is 0.133. The number of nitro groups is 1. The lowest BCUT2D eigenvalue weighted by Crippen LogP contribution is -2.10. The molecule has 2 atom stereocenters. The number of ketones is 1. The van der Waals surface area contributed by atoms with E-state index in [0.29, 0.717) is 5.56 Å². The monoisotopic (exact) mass is 268 g/mol. The van der Waals surface area contributed by atoms with Gasteiger partial charge in [-0.05, 0) is 5.56 Å². The van der Waals surface area contributed by atoms with Crippen molar-refractivity contribution in [1.82, 2.24) is 5.32 Å². The molecule has 0 amide bonds. The summed E-state index contributed by atoms with van der Waals surface area (Å²) in [5, 5.41) is 13.8. The summed E-state index contributed by atoms with van der Waals surface area (Å²) >= 11 is 0. The maximum absolute atomic E-state index is 12.2. The molecule has 0 spiro atoms. The zero-order valence-corrected chi connectivity index (χ0v) is 10.5. The van der Waals surface area contributed by atoms with Crippen LogP contribution in [0.1, 0.15) is 22.0 Å². The van der Waals surface area contributed by atoms with Gasteiger partial charge >= 0.3 is 0 Å². The van der Waals surface area contributed by atoms with E-state index in [-0.39, 0.29) is 23.6 Å². The fourth-order valence-electron chi connectivity index (χ4n) is 2.27. The smallest absolute Gasteiger partial charge is 0.269 e. The SMILES string of the molecule is O=C(c1ccccc1)[C@@H]1N[C@H]1c1cccc([N+](=O)[O-])c1. The van der Waals surface area contributed by atoms with E-state index < -0.39 is 4.92 Å². The van der Waals surface area contributed by atoms with Gasteiger partial charge in [-0.15, -0.1) is 0 Å². The zero-order valence-electron chi connectivity index (χ0n) is 10.5. The van der Waals surface area contributed by atoms with Crippen molar-refractivity contribution in [2.24, 2.45) is 0 Å². The molecular weight excluding hydrogens is 256 g/mol. The van der Waals surface area contributed by atoms with Crippen LogP contribution in [0, 0.1) is 10.1 Å². The van der Waals surface area contributed by atoms with Crippen molar-refractivity contribution in [2.75, 3.05) is 0 Å². The van der Waals surface area contributed by atoms with Gasteiger partial charge in [0.15, 0.2) is 5.78 Å². The number of Topliss-reactive ketones (excluding diaryl/α,β-unsaturated/α-hetero) is 1. The number of rotatable bonds is 4. The Kier molecular flexibility index (Phi) is 3.04. The molecular formula is C15H12N2O3. The Bertz CT molecular complexity index is 670. The average molecular weight is 268 g/mol. The molecule has 5 nitrogen and oxygen atoms in total. The third-order valence-electron chi connectivity index (χ3n) is 3.36. The van der Waals surface area contributed by atoms with E-state index in [1.165, 1.54) is 12.1 Å². The number of nitro benzene ring substituents is 1. The predicted molar refractivity (Wildman–Crippen MR) is 73.5 cm³/mol. The molecule has 1 aliphatic rings. The van der Waals surface area contributed by atoms with Crippen molar-refractivity contribution in [3.05, 3.63) is 75.8 Å². The van der Waals surface area contributed by atoms with Crippen molar-refractivity contribution in [3.63, 3.8) is 0 Å². The first-order valence-corrected chi connectivity index (χ1v) is 6.26. The Morgan fingerprint density at radius 3 is 2.55 bits per heavy atom. The molecule has 0 saturated carbocycles. The normalized spacial score (nSPS) is 20.4. The molecule has 0 unspecified atom stereocenters. The topological polar surface area (TPSA) is 82.2 Å². The van der Waals surface area contributed by atoms with Gasteiger partial charge in [-0.3, -0.25) is 20.2 Å². The molecule has 0 bridgehead atoms. The van der Waals surface area contributed by atoms with Gasteiger partial charge in [0.1, 0.15) is 0 Å². The summed E-state index contributed by atoms with van der Waals surface area (Å²) in [6.45, 7) is 0. The predicted octanol–water partition coefficient (Wildman–Crippen LogP) is 2.49. The highest BCUT2D eigenvalue weighted by Gasteiger charge is 2.43. The van der Waals surface area contributed by atoms with Crippen molar-refractivity contribution in [1.29, 1.82) is 0 Å². The van der Waals surface area contributed by atoms with Crippen molar-refractivity contribution in [3.8, 4) is 0 Å². The Labute approximate surface area is 115 Å². The average Bonchev–Trinajstić information content (AvgIpc) is 3.28. The van der Waals surface area contributed by atoms with E-state index in [1.807, 2.05) is 18.2 Å². The van der Waals surface area contributed by atoms with Gasteiger partial charge in [-0.1, -0.05) is 42.5 Å². The summed E-state index contributed by atoms with van der Waals surface area (Å²) in [6, 6.07) is 15.0. The lowest BCUT2D eigenvalue weighted by atomic mass is 10.0. The summed E-state index contributed by atoms with van der Waals surface area (Å²) in [4.78, 5) is 22.5. The van der Waals surface area contributed by atoms with Gasteiger partial charge in [-0.2, -0.15) is 0 Å². The molecule has 1 N–H and O–H groups in total. The van der Waals surface area contributed by atoms with Crippen LogP contribution in [0.25, 0.3) is 0 Å². The lowest BCUT2D eigenvalue weighted by molar-refractivity contribution is -0.384. The van der Waals surface area contributed by atoms with E-state index in [1.54, 1.807) is 24.3 Å². The number of non-ortho nitro benzene ring substituents is 1. The van der Waals surface area contributed by atoms with Crippen molar-refractivity contribution >= 4 is 11.5 Å². The van der Waals surface area contributed by atoms with Crippen LogP contribution in [0.15, 0.2) is 54.6 Å². The van der Waals surface area contributed by atoms with E-state index in [9.17, 15) is 14.9 Å². The lowest BCUT2D eigenvalue weighted by Gasteiger charge is -1.99. The second kappa shape index (κ2) is 4.86. The second-order valence-electron chi connectivity index (χ2n) is 4.70. The molecule has 1 saturated heterocycles. The molecule has 0 radical (unpaired) electrons. The van der Waals surface area contributed by atoms with Crippen molar-refractivity contribution in [2.45, 2.75) is 12.1 Å². The Morgan fingerprint density at radius 1 is 1.10 bits per heavy atom. The molecule has 1 fully saturated rings. The number of benzene rings is 2. The zero-order chi connectivity index (χ0) is 14.1. The van der Waals surface area contributed by atoms with E-state index >= 15 is 0 Å². The highest BCUT2D eigenvalue weighted by atomic mass is 16.6. The summed E-state index contributed by atoms with van der Waals surface area (Å²) in [5.74, 6) is 0.0158. The number of nitrogens with one attached hydrogen (secondary N) is 1. The van der Waals surface area contributed by atoms with Crippen LogP contribution in [0.5, 0.6) is 0 Å². The van der Waals surface area contributed by atoms with E-state index in [0.717, 1.165) is 5.56 Å². The Morgan fingerprint density at radius 2 is 1.85 bits per heavy atom. The molecule has 3 rings (SSSR count). The first-order chi connectivity index (χ1) is 9.66. The van der Waals surface area contributed by atoms with E-state index in [2.05, 4.69) is 5.32 Å². The van der Waals surface area contributed by atoms with Crippen molar-refractivity contribution < 1.29 is 9.72 Å². The maximum atomic E-state index is 12.2. The van der Waals surface area contributed by atoms with Crippen LogP contribution >= 0.6 is 0 Å². The first kappa shape index (κ1) is 12.5. The molecule has 2 aromatic rings. The number of hydrogen-bond donors (Lipinski definition) is 1. The number of nitrogens with zero attached hydrogens (tertiary/aromatic N) is 1. The van der Waals surface area contributed by atoms with Gasteiger partial charge in [0, 0.05) is 17.7 Å². The Hall–Kier alpha value is -2.53. The van der Waals surface area contributed by atoms with Gasteiger partial charge in [0.05, 0.1) is 17.0 Å². The molecule has 0 aromatic heterocycles. The third-order valence-corrected chi connectivity index (χ3v) is 3.36. The van der Waals surface area contributed by atoms with Crippen LogP contribution in [0.3, 0.4) is 0 Å². The number of carbonyl (C=O) groups excluding carboxylic acids is 1. The van der Waals surface area contributed by atoms with Gasteiger partial charge in [0.25, 0.3) is 5.69 Å². The molecule has 20 heavy (non-hydrogen) atoms. The van der Waals surface area contributed by atoms with Gasteiger partial charge in [-0.25, -0.2) is 0 Å². The standard InChI is InChI=1S/C15H12N2O3/c18-15(10-5-2-1-3-6-10)14-13(16-14)11-7-4-8-12(9-11)17(19)20/h1-9,13-14,16H/t13-,14+/m0/s1. The molecule has 1 heterocycles. The minimum absolute atomic E-state index is 0.0158. The maximum Gasteiger partial charge on any atom is 0.269 e. The van der Waals surface area contributed by atoms with Crippen LogP contribution in [-0.2, 0) is 0 Å². The van der Waals surface area contributed by atoms with Crippen LogP contribution in [0.2, 0.25) is 0 Å². The minimum atomic E-state index is -0.431. The number of carbonyl (C=O) groups is 1. The molecule has 100 valence electrons. The van der Waals surface area contributed by atoms with Crippen LogP contribution < -0.4 is 5.32 Å². The fourth-order valence-corrected chi connectivity index (χ4v) is 2.27. The number of hydrogen-bond acceptors (Lipinski definition) is 4. The van der Waals surface area contributed by atoms with Crippen LogP contribution in [0.4, 0.5) is 5.69 Å². The molecule has 1 aliphatic heterocycles. The van der Waals surface area contributed by atoms with Gasteiger partial charge < -0.3 is 0 Å². The third kappa shape index (κ3) is 2.31. The summed E-state index contributed by atoms with van der Waals surface area (Å²) in [5.41, 5.74) is 1.47. The molecule has 0 aliphatic carbocycles. The molecule has 2 aromatic carbocycles. The highest BCUT2D eigenvalue weighted by molar-refractivity contribution is 6.02. The quantitative estimate of drug-likeness (QED) is 0.399. The van der Waals surface area contributed by atoms with Crippen LogP contribution in [-0.4, -0.2) is 16.7 Å². The van der Waals surface area contributed by atoms with Gasteiger partial charge in [0.2, 0.25) is 0 Å². The first-order valence-electron chi connectivity index (χ1n) is 6.26. The van der Waals surface area contributed by atoms with E-state index in [4.69, 9.17) is 0 Å². The highest BCUT2D eigenvalue weighted by Crippen LogP contribution is 2.33. The summed E-state index contributed by atoms with van der Waals surface area (Å²) < 4.78 is 0. The second-order valence-corrected chi connectivity index (χ2v) is 4.70. The molecule has 5 heteroatoms. The summed E-state index contributed by atoms with van der Waals surface area (Å²) in [7, 11) is 0.